The lowest BCUT2D eigenvalue weighted by molar-refractivity contribution is -0.385. The van der Waals surface area contributed by atoms with Crippen molar-refractivity contribution >= 4 is 41.4 Å². The molecule has 0 N–H and O–H groups in total. The van der Waals surface area contributed by atoms with E-state index in [-0.39, 0.29) is 6.07 Å². The Morgan fingerprint density at radius 1 is 1.33 bits per heavy atom. The first-order valence-electron chi connectivity index (χ1n) is 3.94. The van der Waals surface area contributed by atoms with Gasteiger partial charge in [-0.2, -0.15) is 13.2 Å². The summed E-state index contributed by atoms with van der Waals surface area (Å²) in [5.74, 6) is 0. The molecule has 0 atom stereocenters. The zero-order chi connectivity index (χ0) is 14.3. The third-order valence-corrected chi connectivity index (χ3v) is 4.27. The van der Waals surface area contributed by atoms with Gasteiger partial charge >= 0.3 is 6.18 Å². The predicted molar refractivity (Wildman–Crippen MR) is 58.8 cm³/mol. The van der Waals surface area contributed by atoms with Gasteiger partial charge in [0.25, 0.3) is 14.7 Å². The van der Waals surface area contributed by atoms with Crippen LogP contribution in [0.15, 0.2) is 21.5 Å². The number of benzene rings is 1. The maximum absolute atomic E-state index is 12.6. The lowest BCUT2D eigenvalue weighted by Gasteiger charge is -2.11. The second-order valence-corrected chi connectivity index (χ2v) is 6.33. The maximum Gasteiger partial charge on any atom is 0.417 e. The highest BCUT2D eigenvalue weighted by Crippen LogP contribution is 2.41. The number of hydrogen-bond acceptors (Lipinski definition) is 4. The number of hydrogen-bond donors (Lipinski definition) is 0. The second-order valence-electron chi connectivity index (χ2n) is 3.00. The van der Waals surface area contributed by atoms with Crippen LogP contribution in [-0.4, -0.2) is 13.3 Å². The van der Waals surface area contributed by atoms with Crippen LogP contribution in [0.1, 0.15) is 5.56 Å². The summed E-state index contributed by atoms with van der Waals surface area (Å²) in [6.45, 7) is 0. The van der Waals surface area contributed by atoms with Gasteiger partial charge in [0.05, 0.1) is 15.0 Å². The van der Waals surface area contributed by atoms with Crippen molar-refractivity contribution in [3.63, 3.8) is 0 Å². The molecule has 0 spiro atoms. The van der Waals surface area contributed by atoms with Crippen LogP contribution >= 0.6 is 26.6 Å². The molecule has 0 aliphatic rings. The van der Waals surface area contributed by atoms with Crippen LogP contribution in [0.25, 0.3) is 0 Å². The van der Waals surface area contributed by atoms with Gasteiger partial charge in [-0.15, -0.1) is 0 Å². The minimum absolute atomic E-state index is 0.218. The molecule has 0 saturated heterocycles. The number of alkyl halides is 3. The Bertz CT molecular complexity index is 616. The molecule has 0 bridgehead atoms. The molecule has 0 heterocycles. The van der Waals surface area contributed by atoms with Crippen LogP contribution in [-0.2, 0) is 15.2 Å². The monoisotopic (exact) mass is 367 g/mol. The first-order chi connectivity index (χ1) is 7.94. The molecule has 0 fully saturated rings. The highest BCUT2D eigenvalue weighted by molar-refractivity contribution is 9.10. The molecule has 0 unspecified atom stereocenters. The van der Waals surface area contributed by atoms with E-state index in [2.05, 4.69) is 15.9 Å². The van der Waals surface area contributed by atoms with Gasteiger partial charge in [0.2, 0.25) is 0 Å². The largest absolute Gasteiger partial charge is 0.417 e. The van der Waals surface area contributed by atoms with Crippen LogP contribution in [0.5, 0.6) is 0 Å². The zero-order valence-electron chi connectivity index (χ0n) is 8.03. The highest BCUT2D eigenvalue weighted by Gasteiger charge is 2.37. The lowest BCUT2D eigenvalue weighted by Crippen LogP contribution is -2.09. The van der Waals surface area contributed by atoms with Crippen LogP contribution in [0.3, 0.4) is 0 Å². The Morgan fingerprint density at radius 2 is 1.83 bits per heavy atom. The van der Waals surface area contributed by atoms with E-state index in [0.717, 1.165) is 0 Å². The fourth-order valence-electron chi connectivity index (χ4n) is 1.07. The van der Waals surface area contributed by atoms with Crippen molar-refractivity contribution in [3.05, 3.63) is 32.3 Å². The molecule has 18 heavy (non-hydrogen) atoms. The van der Waals surface area contributed by atoms with Crippen molar-refractivity contribution in [2.45, 2.75) is 11.1 Å². The maximum atomic E-state index is 12.6. The molecule has 0 radical (unpaired) electrons. The topological polar surface area (TPSA) is 77.3 Å². The molecule has 0 aliphatic heterocycles. The van der Waals surface area contributed by atoms with Gasteiger partial charge in [0, 0.05) is 22.8 Å². The zero-order valence-corrected chi connectivity index (χ0v) is 11.2. The Kier molecular flexibility index (Phi) is 3.94. The van der Waals surface area contributed by atoms with Gasteiger partial charge in [-0.3, -0.25) is 10.1 Å². The van der Waals surface area contributed by atoms with Crippen molar-refractivity contribution in [1.82, 2.24) is 0 Å². The smallest absolute Gasteiger partial charge is 0.258 e. The van der Waals surface area contributed by atoms with Crippen LogP contribution in [0.2, 0.25) is 0 Å². The van der Waals surface area contributed by atoms with E-state index >= 15 is 0 Å². The summed E-state index contributed by atoms with van der Waals surface area (Å²) in [5.41, 5.74) is -2.51. The van der Waals surface area contributed by atoms with Gasteiger partial charge in [0.1, 0.15) is 4.90 Å². The van der Waals surface area contributed by atoms with E-state index in [1.807, 2.05) is 0 Å². The Labute approximate surface area is 111 Å². The average molecular weight is 369 g/mol. The third-order valence-electron chi connectivity index (χ3n) is 1.80. The summed E-state index contributed by atoms with van der Waals surface area (Å²) in [6.07, 6.45) is -4.96. The number of nitrogens with zero attached hydrogens (tertiary/aromatic N) is 1. The van der Waals surface area contributed by atoms with Gasteiger partial charge < -0.3 is 0 Å². The van der Waals surface area contributed by atoms with E-state index in [4.69, 9.17) is 10.7 Å². The molecule has 0 aliphatic carbocycles. The van der Waals surface area contributed by atoms with Gasteiger partial charge in [0.15, 0.2) is 0 Å². The molecule has 1 aromatic carbocycles. The van der Waals surface area contributed by atoms with E-state index in [0.29, 0.717) is 6.07 Å². The Morgan fingerprint density at radius 3 is 2.17 bits per heavy atom. The summed E-state index contributed by atoms with van der Waals surface area (Å²) >= 11 is 2.43. The average Bonchev–Trinajstić information content (AvgIpc) is 2.13. The minimum Gasteiger partial charge on any atom is -0.258 e. The fourth-order valence-corrected chi connectivity index (χ4v) is 3.40. The van der Waals surface area contributed by atoms with Gasteiger partial charge in [-0.05, 0) is 15.9 Å². The summed E-state index contributed by atoms with van der Waals surface area (Å²) in [5, 5.41) is 10.5. The molecular weight excluding hydrogens is 366 g/mol. The van der Waals surface area contributed by atoms with Crippen LogP contribution < -0.4 is 0 Å². The van der Waals surface area contributed by atoms with Crippen LogP contribution in [0, 0.1) is 10.1 Å². The number of nitro benzene ring substituents is 1. The minimum atomic E-state index is -4.96. The van der Waals surface area contributed by atoms with Crippen LogP contribution in [0.4, 0.5) is 18.9 Å². The van der Waals surface area contributed by atoms with E-state index in [1.165, 1.54) is 0 Å². The van der Waals surface area contributed by atoms with Gasteiger partial charge in [-0.1, -0.05) is 0 Å². The third kappa shape index (κ3) is 3.12. The number of non-ortho nitro benzene ring substituents is 1. The number of rotatable bonds is 2. The first-order valence-corrected chi connectivity index (χ1v) is 7.04. The molecule has 0 saturated carbocycles. The lowest BCUT2D eigenvalue weighted by atomic mass is 10.2. The molecule has 5 nitrogen and oxygen atoms in total. The summed E-state index contributed by atoms with van der Waals surface area (Å²) in [7, 11) is 0.363. The van der Waals surface area contributed by atoms with Crippen molar-refractivity contribution in [3.8, 4) is 0 Å². The molecule has 1 aromatic rings. The summed E-state index contributed by atoms with van der Waals surface area (Å²) in [4.78, 5) is 8.30. The predicted octanol–water partition coefficient (Wildman–Crippen LogP) is 3.30. The Balaban J connectivity index is 3.76. The molecular formula is C7H2BrClF3NO4S. The van der Waals surface area contributed by atoms with E-state index in [1.54, 1.807) is 0 Å². The van der Waals surface area contributed by atoms with Crippen molar-refractivity contribution in [1.29, 1.82) is 0 Å². The SMILES string of the molecule is O=[N+]([O-])c1cc(C(F)(F)F)c(Br)c(S(=O)(=O)Cl)c1. The number of nitro groups is 1. The van der Waals surface area contributed by atoms with E-state index in [9.17, 15) is 31.7 Å². The van der Waals surface area contributed by atoms with Crippen molar-refractivity contribution < 1.29 is 26.5 Å². The quantitative estimate of drug-likeness (QED) is 0.456. The normalized spacial score (nSPS) is 12.5. The summed E-state index contributed by atoms with van der Waals surface area (Å²) in [6, 6.07) is 0.664. The van der Waals surface area contributed by atoms with E-state index < -0.39 is 40.8 Å². The molecule has 100 valence electrons. The standard InChI is InChI=1S/C7H2BrClF3NO4S/c8-6-4(7(10,11)12)1-3(13(14)15)2-5(6)18(9,16)17/h1-2H. The highest BCUT2D eigenvalue weighted by atomic mass is 79.9. The molecule has 0 amide bonds. The van der Waals surface area contributed by atoms with Crippen molar-refractivity contribution in [2.75, 3.05) is 0 Å². The fraction of sp³-hybridized carbons (Fsp3) is 0.143. The number of halogens is 5. The first kappa shape index (κ1) is 15.2. The molecule has 0 aromatic heterocycles. The summed E-state index contributed by atoms with van der Waals surface area (Å²) < 4.78 is 59.0. The van der Waals surface area contributed by atoms with Crippen molar-refractivity contribution in [2.24, 2.45) is 0 Å². The Hall–Kier alpha value is -0.870. The second kappa shape index (κ2) is 4.67. The molecule has 1 rings (SSSR count). The molecule has 11 heteroatoms. The van der Waals surface area contributed by atoms with Gasteiger partial charge in [-0.25, -0.2) is 8.42 Å².